The normalized spacial score (nSPS) is 14.4. The zero-order chi connectivity index (χ0) is 18.9. The fourth-order valence-corrected chi connectivity index (χ4v) is 4.60. The molecule has 3 rings (SSSR count). The summed E-state index contributed by atoms with van der Waals surface area (Å²) >= 11 is 6.06. The first-order chi connectivity index (χ1) is 12.3. The Kier molecular flexibility index (Phi) is 5.37. The molecule has 0 fully saturated rings. The van der Waals surface area contributed by atoms with Crippen LogP contribution in [0.15, 0.2) is 47.4 Å². The van der Waals surface area contributed by atoms with Gasteiger partial charge in [-0.25, -0.2) is 13.1 Å². The third-order valence-electron chi connectivity index (χ3n) is 4.19. The van der Waals surface area contributed by atoms with Gasteiger partial charge in [-0.3, -0.25) is 4.79 Å². The molecule has 2 aromatic carbocycles. The summed E-state index contributed by atoms with van der Waals surface area (Å²) in [5.41, 5.74) is 2.21. The maximum Gasteiger partial charge on any atom is 0.258 e. The first kappa shape index (κ1) is 18.9. The predicted molar refractivity (Wildman–Crippen MR) is 103 cm³/mol. The number of sulfonamides is 1. The van der Waals surface area contributed by atoms with E-state index in [1.54, 1.807) is 36.9 Å². The molecule has 7 heteroatoms. The lowest BCUT2D eigenvalue weighted by Gasteiger charge is -2.29. The van der Waals surface area contributed by atoms with E-state index < -0.39 is 10.0 Å². The number of anilines is 1. The standard InChI is InChI=1S/C19H21ClN2O3S/c1-13(2)21-26(24,25)17-7-3-5-15(12-17)19(23)22-10-4-6-14-11-16(20)8-9-18(14)22/h3,5,7-9,11-13,21H,4,6,10H2,1-2H3. The highest BCUT2D eigenvalue weighted by molar-refractivity contribution is 7.89. The summed E-state index contributed by atoms with van der Waals surface area (Å²) < 4.78 is 27.3. The molecule has 138 valence electrons. The van der Waals surface area contributed by atoms with E-state index in [0.29, 0.717) is 17.1 Å². The van der Waals surface area contributed by atoms with E-state index in [1.165, 1.54) is 12.1 Å². The van der Waals surface area contributed by atoms with Gasteiger partial charge in [0.1, 0.15) is 0 Å². The molecule has 0 unspecified atom stereocenters. The Morgan fingerprint density at radius 3 is 2.69 bits per heavy atom. The molecule has 0 saturated carbocycles. The number of fused-ring (bicyclic) bond motifs is 1. The molecule has 1 heterocycles. The SMILES string of the molecule is CC(C)NS(=O)(=O)c1cccc(C(=O)N2CCCc3cc(Cl)ccc32)c1. The van der Waals surface area contributed by atoms with Gasteiger partial charge >= 0.3 is 0 Å². The van der Waals surface area contributed by atoms with Crippen LogP contribution in [0.4, 0.5) is 5.69 Å². The molecule has 0 aliphatic carbocycles. The van der Waals surface area contributed by atoms with Gasteiger partial charge in [-0.1, -0.05) is 17.7 Å². The van der Waals surface area contributed by atoms with Crippen molar-refractivity contribution in [1.29, 1.82) is 0 Å². The molecular formula is C19H21ClN2O3S. The summed E-state index contributed by atoms with van der Waals surface area (Å²) in [5.74, 6) is -0.213. The molecule has 1 N–H and O–H groups in total. The number of hydrogen-bond acceptors (Lipinski definition) is 3. The van der Waals surface area contributed by atoms with Crippen molar-refractivity contribution in [3.05, 3.63) is 58.6 Å². The van der Waals surface area contributed by atoms with Crippen LogP contribution >= 0.6 is 11.6 Å². The number of carbonyl (C=O) groups excluding carboxylic acids is 1. The molecule has 0 radical (unpaired) electrons. The van der Waals surface area contributed by atoms with Gasteiger partial charge in [-0.15, -0.1) is 0 Å². The first-order valence-corrected chi connectivity index (χ1v) is 10.4. The molecule has 1 amide bonds. The Morgan fingerprint density at radius 2 is 1.96 bits per heavy atom. The summed E-state index contributed by atoms with van der Waals surface area (Å²) in [6.45, 7) is 4.10. The summed E-state index contributed by atoms with van der Waals surface area (Å²) in [6.07, 6.45) is 1.71. The van der Waals surface area contributed by atoms with Crippen LogP contribution in [0, 0.1) is 0 Å². The quantitative estimate of drug-likeness (QED) is 0.864. The maximum atomic E-state index is 13.0. The molecule has 0 saturated heterocycles. The van der Waals surface area contributed by atoms with E-state index in [2.05, 4.69) is 4.72 Å². The second-order valence-corrected chi connectivity index (χ2v) is 8.79. The highest BCUT2D eigenvalue weighted by Gasteiger charge is 2.25. The number of aryl methyl sites for hydroxylation is 1. The maximum absolute atomic E-state index is 13.0. The third-order valence-corrected chi connectivity index (χ3v) is 6.08. The topological polar surface area (TPSA) is 66.5 Å². The number of halogens is 1. The van der Waals surface area contributed by atoms with Crippen molar-refractivity contribution in [2.45, 2.75) is 37.6 Å². The summed E-state index contributed by atoms with van der Waals surface area (Å²) in [6, 6.07) is 11.4. The highest BCUT2D eigenvalue weighted by Crippen LogP contribution is 2.31. The average Bonchev–Trinajstić information content (AvgIpc) is 2.59. The van der Waals surface area contributed by atoms with E-state index in [1.807, 2.05) is 12.1 Å². The van der Waals surface area contributed by atoms with Gasteiger partial charge in [-0.2, -0.15) is 0 Å². The minimum absolute atomic E-state index is 0.0883. The van der Waals surface area contributed by atoms with Gasteiger partial charge < -0.3 is 4.90 Å². The molecule has 0 atom stereocenters. The number of hydrogen-bond donors (Lipinski definition) is 1. The van der Waals surface area contributed by atoms with Gasteiger partial charge in [0.25, 0.3) is 5.91 Å². The number of nitrogens with one attached hydrogen (secondary N) is 1. The van der Waals surface area contributed by atoms with Gasteiger partial charge in [0.15, 0.2) is 0 Å². The van der Waals surface area contributed by atoms with Gasteiger partial charge in [0, 0.05) is 28.9 Å². The van der Waals surface area contributed by atoms with Crippen LogP contribution in [0.25, 0.3) is 0 Å². The second kappa shape index (κ2) is 7.39. The van der Waals surface area contributed by atoms with Crippen LogP contribution in [-0.2, 0) is 16.4 Å². The van der Waals surface area contributed by atoms with Gasteiger partial charge in [0.05, 0.1) is 4.90 Å². The third kappa shape index (κ3) is 3.92. The van der Waals surface area contributed by atoms with E-state index >= 15 is 0 Å². The molecule has 0 bridgehead atoms. The molecule has 26 heavy (non-hydrogen) atoms. The van der Waals surface area contributed by atoms with Crippen LogP contribution in [0.1, 0.15) is 36.2 Å². The lowest BCUT2D eigenvalue weighted by atomic mass is 10.0. The van der Waals surface area contributed by atoms with Crippen LogP contribution in [0.3, 0.4) is 0 Å². The van der Waals surface area contributed by atoms with Gasteiger partial charge in [-0.05, 0) is 68.7 Å². The van der Waals surface area contributed by atoms with E-state index in [4.69, 9.17) is 11.6 Å². The Balaban J connectivity index is 1.94. The lowest BCUT2D eigenvalue weighted by molar-refractivity contribution is 0.0985. The van der Waals surface area contributed by atoms with Crippen molar-refractivity contribution in [3.63, 3.8) is 0 Å². The Labute approximate surface area is 159 Å². The number of rotatable bonds is 4. The Morgan fingerprint density at radius 1 is 1.19 bits per heavy atom. The Bertz CT molecular complexity index is 942. The second-order valence-electron chi connectivity index (χ2n) is 6.64. The van der Waals surface area contributed by atoms with Crippen molar-refractivity contribution in [2.75, 3.05) is 11.4 Å². The molecule has 0 aromatic heterocycles. The zero-order valence-corrected chi connectivity index (χ0v) is 16.3. The zero-order valence-electron chi connectivity index (χ0n) is 14.7. The van der Waals surface area contributed by atoms with E-state index in [9.17, 15) is 13.2 Å². The molecule has 2 aromatic rings. The molecule has 1 aliphatic heterocycles. The number of nitrogens with zero attached hydrogens (tertiary/aromatic N) is 1. The van der Waals surface area contributed by atoms with Crippen LogP contribution in [0.5, 0.6) is 0 Å². The molecule has 0 spiro atoms. The van der Waals surface area contributed by atoms with Crippen molar-refractivity contribution in [2.24, 2.45) is 0 Å². The first-order valence-electron chi connectivity index (χ1n) is 8.50. The van der Waals surface area contributed by atoms with Crippen molar-refractivity contribution in [3.8, 4) is 0 Å². The molecule has 1 aliphatic rings. The minimum atomic E-state index is -3.65. The molecule has 5 nitrogen and oxygen atoms in total. The summed E-state index contributed by atoms with van der Waals surface area (Å²) in [7, 11) is -3.65. The van der Waals surface area contributed by atoms with E-state index in [-0.39, 0.29) is 16.8 Å². The highest BCUT2D eigenvalue weighted by atomic mass is 35.5. The van der Waals surface area contributed by atoms with E-state index in [0.717, 1.165) is 24.1 Å². The fourth-order valence-electron chi connectivity index (χ4n) is 3.11. The van der Waals surface area contributed by atoms with Crippen molar-refractivity contribution < 1.29 is 13.2 Å². The number of benzene rings is 2. The van der Waals surface area contributed by atoms with Crippen molar-refractivity contribution in [1.82, 2.24) is 4.72 Å². The van der Waals surface area contributed by atoms with Crippen LogP contribution in [-0.4, -0.2) is 26.9 Å². The molecular weight excluding hydrogens is 372 g/mol. The summed E-state index contributed by atoms with van der Waals surface area (Å²) in [5, 5.41) is 0.644. The average molecular weight is 393 g/mol. The number of carbonyl (C=O) groups is 1. The van der Waals surface area contributed by atoms with Crippen LogP contribution < -0.4 is 9.62 Å². The largest absolute Gasteiger partial charge is 0.308 e. The van der Waals surface area contributed by atoms with Crippen molar-refractivity contribution >= 4 is 33.2 Å². The van der Waals surface area contributed by atoms with Gasteiger partial charge in [0.2, 0.25) is 10.0 Å². The fraction of sp³-hybridized carbons (Fsp3) is 0.316. The minimum Gasteiger partial charge on any atom is -0.308 e. The summed E-state index contributed by atoms with van der Waals surface area (Å²) in [4.78, 5) is 14.8. The lowest BCUT2D eigenvalue weighted by Crippen LogP contribution is -2.35. The Hall–Kier alpha value is -1.89. The smallest absolute Gasteiger partial charge is 0.258 e. The predicted octanol–water partition coefficient (Wildman–Crippen LogP) is 3.62. The van der Waals surface area contributed by atoms with Crippen LogP contribution in [0.2, 0.25) is 5.02 Å². The monoisotopic (exact) mass is 392 g/mol. The number of amides is 1.